The highest BCUT2D eigenvalue weighted by Crippen LogP contribution is 2.22. The van der Waals surface area contributed by atoms with Crippen LogP contribution in [-0.4, -0.2) is 26.9 Å². The van der Waals surface area contributed by atoms with Gasteiger partial charge in [-0.25, -0.2) is 18.7 Å². The number of hydrogen-bond acceptors (Lipinski definition) is 3. The molecule has 0 atom stereocenters. The summed E-state index contributed by atoms with van der Waals surface area (Å²) in [6.45, 7) is 0.424. The van der Waals surface area contributed by atoms with Crippen LogP contribution in [0.4, 0.5) is 14.9 Å². The Hall–Kier alpha value is -3.94. The maximum Gasteiger partial charge on any atom is 0.345 e. The number of hydrogen-bond donors (Lipinski definition) is 2. The molecule has 152 valence electrons. The number of anilines is 1. The van der Waals surface area contributed by atoms with E-state index < -0.39 is 0 Å². The summed E-state index contributed by atoms with van der Waals surface area (Å²) in [5, 5.41) is 11.9. The molecule has 0 aliphatic carbocycles. The first kappa shape index (κ1) is 19.4. The Kier molecular flexibility index (Phi) is 5.30. The zero-order valence-corrected chi connectivity index (χ0v) is 16.3. The van der Waals surface area contributed by atoms with Crippen LogP contribution in [0.1, 0.15) is 0 Å². The minimum absolute atomic E-state index is 0.205. The van der Waals surface area contributed by atoms with Gasteiger partial charge in [0, 0.05) is 24.5 Å². The Morgan fingerprint density at radius 3 is 2.57 bits per heavy atom. The van der Waals surface area contributed by atoms with Crippen LogP contribution in [0.15, 0.2) is 71.5 Å². The number of carbonyl (C=O) groups excluding carboxylic acids is 1. The summed E-state index contributed by atoms with van der Waals surface area (Å²) in [5.41, 5.74) is 1.03. The molecule has 0 saturated heterocycles. The van der Waals surface area contributed by atoms with Crippen LogP contribution >= 0.6 is 0 Å². The van der Waals surface area contributed by atoms with Gasteiger partial charge in [-0.15, -0.1) is 5.10 Å². The Bertz CT molecular complexity index is 1260. The summed E-state index contributed by atoms with van der Waals surface area (Å²) in [6, 6.07) is 18.9. The lowest BCUT2D eigenvalue weighted by atomic mass is 10.1. The van der Waals surface area contributed by atoms with Gasteiger partial charge in [0.15, 0.2) is 5.82 Å². The normalized spacial score (nSPS) is 10.9. The quantitative estimate of drug-likeness (QED) is 0.534. The lowest BCUT2D eigenvalue weighted by Crippen LogP contribution is -2.34. The average Bonchev–Trinajstić information content (AvgIpc) is 3.03. The lowest BCUT2D eigenvalue weighted by molar-refractivity contribution is 0.251. The zero-order chi connectivity index (χ0) is 21.1. The number of urea groups is 1. The third kappa shape index (κ3) is 3.93. The summed E-state index contributed by atoms with van der Waals surface area (Å²) in [7, 11) is 1.60. The van der Waals surface area contributed by atoms with E-state index in [1.807, 2.05) is 42.5 Å². The molecule has 0 aliphatic rings. The summed E-state index contributed by atoms with van der Waals surface area (Å²) >= 11 is 0. The molecule has 0 saturated carbocycles. The number of rotatable bonds is 5. The first-order chi connectivity index (χ1) is 14.5. The maximum atomic E-state index is 13.1. The number of amides is 2. The van der Waals surface area contributed by atoms with E-state index in [9.17, 15) is 14.0 Å². The van der Waals surface area contributed by atoms with Crippen LogP contribution < -0.4 is 16.3 Å². The summed E-state index contributed by atoms with van der Waals surface area (Å²) in [4.78, 5) is 24.7. The van der Waals surface area contributed by atoms with Crippen LogP contribution in [0.3, 0.4) is 0 Å². The number of nitrogens with one attached hydrogen (secondary N) is 2. The lowest BCUT2D eigenvalue weighted by Gasteiger charge is -2.10. The molecule has 0 radical (unpaired) electrons. The summed E-state index contributed by atoms with van der Waals surface area (Å²) in [5.74, 6) is 0.0739. The molecule has 0 bridgehead atoms. The summed E-state index contributed by atoms with van der Waals surface area (Å²) in [6.07, 6.45) is 0. The molecule has 0 aliphatic heterocycles. The number of carbonyl (C=O) groups is 1. The number of halogens is 1. The SMILES string of the molecule is Cn1c(-c2ccc(F)cc2)nn(CCNC(=O)Nc2cccc3ccccc23)c1=O. The molecule has 0 unspecified atom stereocenters. The van der Waals surface area contributed by atoms with E-state index in [4.69, 9.17) is 0 Å². The first-order valence-electron chi connectivity index (χ1n) is 9.45. The summed E-state index contributed by atoms with van der Waals surface area (Å²) < 4.78 is 15.8. The molecule has 30 heavy (non-hydrogen) atoms. The predicted octanol–water partition coefficient (Wildman–Crippen LogP) is 3.36. The molecule has 1 heterocycles. The van der Waals surface area contributed by atoms with E-state index in [1.165, 1.54) is 21.4 Å². The third-order valence-electron chi connectivity index (χ3n) is 4.79. The van der Waals surface area contributed by atoms with Gasteiger partial charge in [-0.05, 0) is 35.7 Å². The van der Waals surface area contributed by atoms with Gasteiger partial charge in [-0.2, -0.15) is 0 Å². The van der Waals surface area contributed by atoms with Crippen LogP contribution in [0.25, 0.3) is 22.2 Å². The molecule has 7 nitrogen and oxygen atoms in total. The second-order valence-corrected chi connectivity index (χ2v) is 6.80. The molecule has 8 heteroatoms. The number of nitrogens with zero attached hydrogens (tertiary/aromatic N) is 3. The third-order valence-corrected chi connectivity index (χ3v) is 4.79. The molecular weight excluding hydrogens is 385 g/mol. The monoisotopic (exact) mass is 405 g/mol. The van der Waals surface area contributed by atoms with E-state index in [2.05, 4.69) is 15.7 Å². The Morgan fingerprint density at radius 1 is 1.03 bits per heavy atom. The fourth-order valence-corrected chi connectivity index (χ4v) is 3.26. The molecule has 2 N–H and O–H groups in total. The minimum Gasteiger partial charge on any atom is -0.336 e. The van der Waals surface area contributed by atoms with Crippen molar-refractivity contribution in [1.82, 2.24) is 19.7 Å². The standard InChI is InChI=1S/C22H20FN5O2/c1-27-20(16-9-11-17(23)12-10-16)26-28(22(27)30)14-13-24-21(29)25-19-8-4-6-15-5-2-3-7-18(15)19/h2-12H,13-14H2,1H3,(H2,24,25,29). The smallest absolute Gasteiger partial charge is 0.336 e. The average molecular weight is 405 g/mol. The van der Waals surface area contributed by atoms with Crippen molar-refractivity contribution in [2.45, 2.75) is 6.54 Å². The van der Waals surface area contributed by atoms with Gasteiger partial charge in [0.1, 0.15) is 5.82 Å². The Balaban J connectivity index is 1.40. The molecule has 1 aromatic heterocycles. The highest BCUT2D eigenvalue weighted by atomic mass is 19.1. The van der Waals surface area contributed by atoms with Crippen molar-refractivity contribution in [2.24, 2.45) is 7.05 Å². The van der Waals surface area contributed by atoms with Crippen molar-refractivity contribution >= 4 is 22.5 Å². The molecule has 3 aromatic carbocycles. The topological polar surface area (TPSA) is 81.0 Å². The van der Waals surface area contributed by atoms with Gasteiger partial charge in [0.2, 0.25) is 0 Å². The van der Waals surface area contributed by atoms with Crippen LogP contribution in [-0.2, 0) is 13.6 Å². The Morgan fingerprint density at radius 2 is 1.77 bits per heavy atom. The van der Waals surface area contributed by atoms with Crippen molar-refractivity contribution in [3.8, 4) is 11.4 Å². The van der Waals surface area contributed by atoms with Gasteiger partial charge in [-0.3, -0.25) is 4.57 Å². The Labute approximate surface area is 171 Å². The zero-order valence-electron chi connectivity index (χ0n) is 16.3. The van der Waals surface area contributed by atoms with Crippen LogP contribution in [0.2, 0.25) is 0 Å². The molecular formula is C22H20FN5O2. The highest BCUT2D eigenvalue weighted by Gasteiger charge is 2.12. The fourth-order valence-electron chi connectivity index (χ4n) is 3.26. The fraction of sp³-hybridized carbons (Fsp3) is 0.136. The van der Waals surface area contributed by atoms with E-state index >= 15 is 0 Å². The van der Waals surface area contributed by atoms with Crippen LogP contribution in [0.5, 0.6) is 0 Å². The number of fused-ring (bicyclic) bond motifs is 1. The van der Waals surface area contributed by atoms with Crippen molar-refractivity contribution in [2.75, 3.05) is 11.9 Å². The van der Waals surface area contributed by atoms with Gasteiger partial charge in [-0.1, -0.05) is 36.4 Å². The molecule has 2 amide bonds. The molecule has 4 aromatic rings. The van der Waals surface area contributed by atoms with E-state index in [0.717, 1.165) is 10.8 Å². The minimum atomic E-state index is -0.367. The number of aromatic nitrogens is 3. The second kappa shape index (κ2) is 8.20. The maximum absolute atomic E-state index is 13.1. The van der Waals surface area contributed by atoms with Gasteiger partial charge < -0.3 is 10.6 Å². The van der Waals surface area contributed by atoms with E-state index in [0.29, 0.717) is 17.1 Å². The van der Waals surface area contributed by atoms with Crippen molar-refractivity contribution in [3.05, 3.63) is 83.0 Å². The van der Waals surface area contributed by atoms with Gasteiger partial charge >= 0.3 is 11.7 Å². The van der Waals surface area contributed by atoms with Gasteiger partial charge in [0.25, 0.3) is 0 Å². The number of benzene rings is 3. The van der Waals surface area contributed by atoms with Gasteiger partial charge in [0.05, 0.1) is 12.2 Å². The van der Waals surface area contributed by atoms with E-state index in [1.54, 1.807) is 19.2 Å². The largest absolute Gasteiger partial charge is 0.345 e. The second-order valence-electron chi connectivity index (χ2n) is 6.80. The molecule has 4 rings (SSSR count). The van der Waals surface area contributed by atoms with Crippen molar-refractivity contribution in [3.63, 3.8) is 0 Å². The first-order valence-corrected chi connectivity index (χ1v) is 9.45. The van der Waals surface area contributed by atoms with Crippen LogP contribution in [0, 0.1) is 5.82 Å². The van der Waals surface area contributed by atoms with Crippen molar-refractivity contribution in [1.29, 1.82) is 0 Å². The molecule has 0 fully saturated rings. The van der Waals surface area contributed by atoms with E-state index in [-0.39, 0.29) is 30.6 Å². The highest BCUT2D eigenvalue weighted by molar-refractivity contribution is 6.01. The molecule has 0 spiro atoms. The predicted molar refractivity (Wildman–Crippen MR) is 114 cm³/mol. The van der Waals surface area contributed by atoms with Crippen molar-refractivity contribution < 1.29 is 9.18 Å².